The first-order valence-electron chi connectivity index (χ1n) is 5.12. The molecule has 1 aliphatic carbocycles. The quantitative estimate of drug-likeness (QED) is 0.883. The molecule has 0 saturated heterocycles. The molecular formula is C12H12ClFO2. The Labute approximate surface area is 98.0 Å². The van der Waals surface area contributed by atoms with E-state index in [2.05, 4.69) is 0 Å². The molecule has 0 aromatic heterocycles. The van der Waals surface area contributed by atoms with Crippen molar-refractivity contribution in [3.8, 4) is 0 Å². The fraction of sp³-hybridized carbons (Fsp3) is 0.417. The third kappa shape index (κ3) is 1.92. The summed E-state index contributed by atoms with van der Waals surface area (Å²) >= 11 is 5.94. The molecule has 0 bridgehead atoms. The van der Waals surface area contributed by atoms with E-state index in [9.17, 15) is 9.18 Å². The van der Waals surface area contributed by atoms with Gasteiger partial charge >= 0.3 is 5.97 Å². The zero-order valence-corrected chi connectivity index (χ0v) is 9.64. The molecule has 0 unspecified atom stereocenters. The maximum atomic E-state index is 13.8. The number of benzene rings is 1. The van der Waals surface area contributed by atoms with Crippen molar-refractivity contribution < 1.29 is 14.3 Å². The van der Waals surface area contributed by atoms with Gasteiger partial charge in [0.05, 0.1) is 6.42 Å². The number of aliphatic carboxylic acids is 1. The molecule has 0 radical (unpaired) electrons. The highest BCUT2D eigenvalue weighted by atomic mass is 35.5. The number of hydrogen-bond donors (Lipinski definition) is 1. The molecule has 0 aliphatic heterocycles. The van der Waals surface area contributed by atoms with Crippen LogP contribution in [0, 0.1) is 12.7 Å². The fourth-order valence-corrected chi connectivity index (χ4v) is 2.20. The molecule has 1 aliphatic rings. The van der Waals surface area contributed by atoms with Gasteiger partial charge in [0, 0.05) is 10.4 Å². The van der Waals surface area contributed by atoms with Crippen molar-refractivity contribution in [2.45, 2.75) is 31.6 Å². The van der Waals surface area contributed by atoms with Crippen molar-refractivity contribution in [1.82, 2.24) is 0 Å². The van der Waals surface area contributed by atoms with E-state index in [4.69, 9.17) is 16.7 Å². The number of aryl methyl sites for hydroxylation is 1. The lowest BCUT2D eigenvalue weighted by Gasteiger charge is -2.15. The van der Waals surface area contributed by atoms with Gasteiger partial charge in [-0.05, 0) is 43.0 Å². The molecule has 0 atom stereocenters. The van der Waals surface area contributed by atoms with Crippen molar-refractivity contribution in [2.24, 2.45) is 0 Å². The largest absolute Gasteiger partial charge is 0.481 e. The number of halogens is 2. The van der Waals surface area contributed by atoms with E-state index < -0.39 is 11.4 Å². The summed E-state index contributed by atoms with van der Waals surface area (Å²) in [5.41, 5.74) is 0.604. The molecule has 1 aromatic rings. The Morgan fingerprint density at radius 2 is 2.19 bits per heavy atom. The Kier molecular flexibility index (Phi) is 2.66. The zero-order chi connectivity index (χ0) is 11.9. The van der Waals surface area contributed by atoms with Crippen LogP contribution in [-0.4, -0.2) is 11.1 Å². The highest BCUT2D eigenvalue weighted by Crippen LogP contribution is 2.52. The Balaban J connectivity index is 2.41. The van der Waals surface area contributed by atoms with Gasteiger partial charge in [-0.15, -0.1) is 0 Å². The molecule has 1 fully saturated rings. The predicted octanol–water partition coefficient (Wildman–Crippen LogP) is 3.29. The van der Waals surface area contributed by atoms with Crippen LogP contribution in [0.15, 0.2) is 12.1 Å². The minimum atomic E-state index is -0.895. The highest BCUT2D eigenvalue weighted by Gasteiger charge is 2.47. The lowest BCUT2D eigenvalue weighted by atomic mass is 9.91. The van der Waals surface area contributed by atoms with Crippen LogP contribution in [0.2, 0.25) is 5.02 Å². The van der Waals surface area contributed by atoms with Crippen molar-refractivity contribution in [2.75, 3.05) is 0 Å². The third-order valence-electron chi connectivity index (χ3n) is 3.16. The van der Waals surface area contributed by atoms with Crippen LogP contribution in [0.25, 0.3) is 0 Å². The van der Waals surface area contributed by atoms with E-state index in [0.29, 0.717) is 16.1 Å². The number of carbonyl (C=O) groups is 1. The molecule has 2 nitrogen and oxygen atoms in total. The minimum absolute atomic E-state index is 0.0245. The maximum absolute atomic E-state index is 13.8. The second-order valence-corrected chi connectivity index (χ2v) is 4.84. The zero-order valence-electron chi connectivity index (χ0n) is 8.89. The molecule has 2 rings (SSSR count). The van der Waals surface area contributed by atoms with Crippen molar-refractivity contribution in [1.29, 1.82) is 0 Å². The van der Waals surface area contributed by atoms with Gasteiger partial charge in [-0.2, -0.15) is 0 Å². The molecule has 1 aromatic carbocycles. The van der Waals surface area contributed by atoms with Gasteiger partial charge in [0.2, 0.25) is 0 Å². The summed E-state index contributed by atoms with van der Waals surface area (Å²) < 4.78 is 13.8. The Hall–Kier alpha value is -1.09. The predicted molar refractivity (Wildman–Crippen MR) is 59.3 cm³/mol. The molecule has 0 heterocycles. The topological polar surface area (TPSA) is 37.3 Å². The minimum Gasteiger partial charge on any atom is -0.481 e. The van der Waals surface area contributed by atoms with Gasteiger partial charge in [0.15, 0.2) is 0 Å². The SMILES string of the molecule is Cc1cc(F)c(C2(CC(=O)O)CC2)cc1Cl. The number of hydrogen-bond acceptors (Lipinski definition) is 1. The van der Waals surface area contributed by atoms with Gasteiger partial charge in [-0.3, -0.25) is 4.79 Å². The summed E-state index contributed by atoms with van der Waals surface area (Å²) in [6.07, 6.45) is 1.41. The summed E-state index contributed by atoms with van der Waals surface area (Å²) in [5.74, 6) is -1.24. The second-order valence-electron chi connectivity index (χ2n) is 4.43. The van der Waals surface area contributed by atoms with Crippen LogP contribution in [0.3, 0.4) is 0 Å². The van der Waals surface area contributed by atoms with Crippen LogP contribution in [0.5, 0.6) is 0 Å². The van der Waals surface area contributed by atoms with Gasteiger partial charge in [0.1, 0.15) is 5.82 Å². The summed E-state index contributed by atoms with van der Waals surface area (Å²) in [5, 5.41) is 9.30. The van der Waals surface area contributed by atoms with Crippen LogP contribution in [0.1, 0.15) is 30.4 Å². The summed E-state index contributed by atoms with van der Waals surface area (Å²) in [4.78, 5) is 10.7. The number of carboxylic acids is 1. The fourth-order valence-electron chi connectivity index (χ4n) is 2.03. The normalized spacial score (nSPS) is 17.2. The monoisotopic (exact) mass is 242 g/mol. The average molecular weight is 243 g/mol. The molecule has 86 valence electrons. The van der Waals surface area contributed by atoms with E-state index in [-0.39, 0.29) is 12.2 Å². The van der Waals surface area contributed by atoms with E-state index in [1.165, 1.54) is 6.07 Å². The molecule has 0 spiro atoms. The molecule has 16 heavy (non-hydrogen) atoms. The van der Waals surface area contributed by atoms with Crippen molar-refractivity contribution >= 4 is 17.6 Å². The smallest absolute Gasteiger partial charge is 0.304 e. The van der Waals surface area contributed by atoms with E-state index in [0.717, 1.165) is 12.8 Å². The summed E-state index contributed by atoms with van der Waals surface area (Å²) in [7, 11) is 0. The standard InChI is InChI=1S/C12H12ClFO2/c1-7-4-10(14)8(5-9(7)13)12(2-3-12)6-11(15)16/h4-5H,2-3,6H2,1H3,(H,15,16). The Bertz CT molecular complexity index is 453. The lowest BCUT2D eigenvalue weighted by molar-refractivity contribution is -0.137. The van der Waals surface area contributed by atoms with Gasteiger partial charge in [-0.1, -0.05) is 11.6 Å². The molecule has 4 heteroatoms. The average Bonchev–Trinajstić information content (AvgIpc) is 2.91. The van der Waals surface area contributed by atoms with Crippen LogP contribution >= 0.6 is 11.6 Å². The van der Waals surface area contributed by atoms with Gasteiger partial charge in [0.25, 0.3) is 0 Å². The van der Waals surface area contributed by atoms with Gasteiger partial charge < -0.3 is 5.11 Å². The van der Waals surface area contributed by atoms with Crippen LogP contribution in [-0.2, 0) is 10.2 Å². The Morgan fingerprint density at radius 1 is 1.56 bits per heavy atom. The third-order valence-corrected chi connectivity index (χ3v) is 3.57. The second kappa shape index (κ2) is 3.74. The summed E-state index contributed by atoms with van der Waals surface area (Å²) in [6, 6.07) is 2.95. The first kappa shape index (κ1) is 11.4. The molecule has 1 saturated carbocycles. The van der Waals surface area contributed by atoms with E-state index in [1.54, 1.807) is 13.0 Å². The van der Waals surface area contributed by atoms with Crippen molar-refractivity contribution in [3.05, 3.63) is 34.1 Å². The van der Waals surface area contributed by atoms with Gasteiger partial charge in [-0.25, -0.2) is 4.39 Å². The summed E-state index contributed by atoms with van der Waals surface area (Å²) in [6.45, 7) is 1.73. The number of rotatable bonds is 3. The number of carboxylic acid groups (broad SMARTS) is 1. The first-order valence-corrected chi connectivity index (χ1v) is 5.50. The maximum Gasteiger partial charge on any atom is 0.304 e. The van der Waals surface area contributed by atoms with Crippen LogP contribution in [0.4, 0.5) is 4.39 Å². The first-order chi connectivity index (χ1) is 7.44. The lowest BCUT2D eigenvalue weighted by Crippen LogP contribution is -2.14. The molecule has 0 amide bonds. The van der Waals surface area contributed by atoms with Crippen molar-refractivity contribution in [3.63, 3.8) is 0 Å². The van der Waals surface area contributed by atoms with E-state index >= 15 is 0 Å². The highest BCUT2D eigenvalue weighted by molar-refractivity contribution is 6.31. The molecular weight excluding hydrogens is 231 g/mol. The molecule has 1 N–H and O–H groups in total. The Morgan fingerprint density at radius 3 is 2.69 bits per heavy atom. The van der Waals surface area contributed by atoms with Crippen LogP contribution < -0.4 is 0 Å². The van der Waals surface area contributed by atoms with E-state index in [1.807, 2.05) is 0 Å².